The number of pyridine rings is 1. The molecule has 166 valence electrons. The smallest absolute Gasteiger partial charge is 0.344 e. The topological polar surface area (TPSA) is 121 Å². The molecule has 1 N–H and O–H groups in total. The lowest BCUT2D eigenvalue weighted by Crippen LogP contribution is -2.24. The molecule has 0 bridgehead atoms. The molecule has 0 atom stereocenters. The van der Waals surface area contributed by atoms with Gasteiger partial charge in [0.15, 0.2) is 19.0 Å². The van der Waals surface area contributed by atoms with Crippen molar-refractivity contribution in [1.82, 2.24) is 4.98 Å². The lowest BCUT2D eigenvalue weighted by molar-refractivity contribution is -0.384. The summed E-state index contributed by atoms with van der Waals surface area (Å²) in [6, 6.07) is 8.55. The molecule has 3 aromatic rings. The molecule has 12 heteroatoms. The van der Waals surface area contributed by atoms with E-state index in [4.69, 9.17) is 44.3 Å². The summed E-state index contributed by atoms with van der Waals surface area (Å²) in [6.45, 7) is 0.627. The van der Waals surface area contributed by atoms with Crippen molar-refractivity contribution in [3.63, 3.8) is 0 Å². The second-order valence-electron chi connectivity index (χ2n) is 6.44. The molecule has 0 fully saturated rings. The number of nitrogens with zero attached hydrogens (tertiary/aromatic N) is 2. The van der Waals surface area contributed by atoms with Crippen LogP contribution in [0, 0.1) is 17.0 Å². The first-order chi connectivity index (χ1) is 15.2. The quantitative estimate of drug-likeness (QED) is 0.277. The third-order valence-electron chi connectivity index (χ3n) is 4.11. The summed E-state index contributed by atoms with van der Waals surface area (Å²) in [6.07, 6.45) is 0. The van der Waals surface area contributed by atoms with Gasteiger partial charge in [0.25, 0.3) is 11.6 Å². The van der Waals surface area contributed by atoms with E-state index in [0.717, 1.165) is 6.07 Å². The highest BCUT2D eigenvalue weighted by molar-refractivity contribution is 6.39. The van der Waals surface area contributed by atoms with Crippen LogP contribution in [-0.2, 0) is 14.3 Å². The number of aryl methyl sites for hydroxylation is 1. The number of nitro groups is 1. The molecule has 0 saturated heterocycles. The van der Waals surface area contributed by atoms with Crippen molar-refractivity contribution in [2.75, 3.05) is 18.5 Å². The van der Waals surface area contributed by atoms with Crippen LogP contribution in [0.3, 0.4) is 0 Å². The van der Waals surface area contributed by atoms with Crippen LogP contribution in [0.5, 0.6) is 5.75 Å². The average molecular weight is 499 g/mol. The molecule has 0 aliphatic heterocycles. The van der Waals surface area contributed by atoms with Crippen LogP contribution in [0.2, 0.25) is 15.1 Å². The lowest BCUT2D eigenvalue weighted by Gasteiger charge is -2.12. The molecule has 0 spiro atoms. The second kappa shape index (κ2) is 9.99. The van der Waals surface area contributed by atoms with Gasteiger partial charge < -0.3 is 14.8 Å². The molecule has 1 heterocycles. The molecule has 1 aromatic heterocycles. The first-order valence-electron chi connectivity index (χ1n) is 8.93. The van der Waals surface area contributed by atoms with Crippen LogP contribution >= 0.6 is 34.8 Å². The van der Waals surface area contributed by atoms with E-state index in [-0.39, 0.29) is 27.2 Å². The van der Waals surface area contributed by atoms with Gasteiger partial charge in [-0.1, -0.05) is 34.8 Å². The molecule has 2 aromatic carbocycles. The monoisotopic (exact) mass is 497 g/mol. The fourth-order valence-corrected chi connectivity index (χ4v) is 3.44. The van der Waals surface area contributed by atoms with Crippen molar-refractivity contribution < 1.29 is 24.0 Å². The van der Waals surface area contributed by atoms with Crippen LogP contribution in [0.15, 0.2) is 36.4 Å². The predicted molar refractivity (Wildman–Crippen MR) is 120 cm³/mol. The van der Waals surface area contributed by atoms with Gasteiger partial charge in [-0.25, -0.2) is 9.78 Å². The fraction of sp³-hybridized carbons (Fsp3) is 0.150. The normalized spacial score (nSPS) is 10.6. The Hall–Kier alpha value is -3.14. The van der Waals surface area contributed by atoms with Gasteiger partial charge in [-0.3, -0.25) is 14.9 Å². The fourth-order valence-electron chi connectivity index (χ4n) is 2.65. The van der Waals surface area contributed by atoms with Gasteiger partial charge in [0.05, 0.1) is 25.7 Å². The van der Waals surface area contributed by atoms with Crippen molar-refractivity contribution in [3.8, 4) is 5.75 Å². The molecule has 0 aliphatic carbocycles. The van der Waals surface area contributed by atoms with Gasteiger partial charge in [0.1, 0.15) is 5.52 Å². The molecular formula is C20H14Cl3N3O6. The van der Waals surface area contributed by atoms with Crippen LogP contribution in [-0.4, -0.2) is 35.0 Å². The molecule has 3 rings (SSSR count). The molecule has 1 amide bonds. The SMILES string of the molecule is Cc1ccc2c(Cl)cc(Cl)c(OCC(=O)OCC(=O)Nc3ccc([N+](=O)[O-])cc3Cl)c2n1. The number of fused-ring (bicyclic) bond motifs is 1. The number of rotatable bonds is 7. The Bertz CT molecular complexity index is 1230. The Morgan fingerprint density at radius 3 is 2.50 bits per heavy atom. The van der Waals surface area contributed by atoms with Gasteiger partial charge >= 0.3 is 5.97 Å². The Morgan fingerprint density at radius 1 is 1.06 bits per heavy atom. The number of nitro benzene ring substituents is 1. The zero-order valence-electron chi connectivity index (χ0n) is 16.4. The summed E-state index contributed by atoms with van der Waals surface area (Å²) >= 11 is 18.3. The van der Waals surface area contributed by atoms with Gasteiger partial charge in [-0.15, -0.1) is 0 Å². The maximum atomic E-state index is 12.0. The highest BCUT2D eigenvalue weighted by Crippen LogP contribution is 2.37. The lowest BCUT2D eigenvalue weighted by atomic mass is 10.2. The molecular weight excluding hydrogens is 485 g/mol. The van der Waals surface area contributed by atoms with Crippen LogP contribution in [0.25, 0.3) is 10.9 Å². The largest absolute Gasteiger partial charge is 0.478 e. The number of hydrogen-bond donors (Lipinski definition) is 1. The maximum Gasteiger partial charge on any atom is 0.344 e. The molecule has 0 aliphatic rings. The third-order valence-corrected chi connectivity index (χ3v) is 5.02. The molecule has 0 radical (unpaired) electrons. The van der Waals surface area contributed by atoms with E-state index in [2.05, 4.69) is 10.3 Å². The van der Waals surface area contributed by atoms with Gasteiger partial charge in [-0.2, -0.15) is 0 Å². The number of hydrogen-bond acceptors (Lipinski definition) is 7. The number of benzene rings is 2. The van der Waals surface area contributed by atoms with Crippen LogP contribution in [0.1, 0.15) is 5.69 Å². The molecule has 32 heavy (non-hydrogen) atoms. The summed E-state index contributed by atoms with van der Waals surface area (Å²) in [7, 11) is 0. The van der Waals surface area contributed by atoms with Crippen molar-refractivity contribution in [1.29, 1.82) is 0 Å². The second-order valence-corrected chi connectivity index (χ2v) is 7.66. The number of amides is 1. The Labute approximate surface area is 196 Å². The van der Waals surface area contributed by atoms with Crippen molar-refractivity contribution in [2.24, 2.45) is 0 Å². The number of halogens is 3. The average Bonchev–Trinajstić information content (AvgIpc) is 2.73. The first-order valence-corrected chi connectivity index (χ1v) is 10.1. The van der Waals surface area contributed by atoms with Crippen molar-refractivity contribution in [3.05, 3.63) is 67.3 Å². The number of anilines is 1. The Balaban J connectivity index is 1.59. The molecule has 9 nitrogen and oxygen atoms in total. The Morgan fingerprint density at radius 2 is 1.81 bits per heavy atom. The number of carbonyl (C=O) groups excluding carboxylic acids is 2. The summed E-state index contributed by atoms with van der Waals surface area (Å²) in [5.74, 6) is -1.36. The highest BCUT2D eigenvalue weighted by atomic mass is 35.5. The standard InChI is InChI=1S/C20H14Cl3N3O6/c1-10-2-4-12-13(21)7-15(23)20(19(12)24-10)32-9-18(28)31-8-17(27)25-16-5-3-11(26(29)30)6-14(16)22/h2-7H,8-9H2,1H3,(H,25,27). The van der Waals surface area contributed by atoms with Crippen molar-refractivity contribution >= 4 is 69.0 Å². The van der Waals surface area contributed by atoms with Gasteiger partial charge in [-0.05, 0) is 31.2 Å². The van der Waals surface area contributed by atoms with E-state index in [9.17, 15) is 19.7 Å². The number of carbonyl (C=O) groups is 2. The van der Waals surface area contributed by atoms with E-state index in [0.29, 0.717) is 21.6 Å². The summed E-state index contributed by atoms with van der Waals surface area (Å²) in [4.78, 5) is 38.5. The van der Waals surface area contributed by atoms with Gasteiger partial charge in [0, 0.05) is 23.2 Å². The third kappa shape index (κ3) is 5.56. The number of esters is 1. The van der Waals surface area contributed by atoms with Crippen LogP contribution < -0.4 is 10.1 Å². The van der Waals surface area contributed by atoms with E-state index >= 15 is 0 Å². The minimum atomic E-state index is -0.832. The van der Waals surface area contributed by atoms with Crippen LogP contribution in [0.4, 0.5) is 11.4 Å². The summed E-state index contributed by atoms with van der Waals surface area (Å²) in [5.41, 5.74) is 0.996. The zero-order chi connectivity index (χ0) is 23.4. The Kier molecular flexibility index (Phi) is 7.34. The minimum Gasteiger partial charge on any atom is -0.478 e. The van der Waals surface area contributed by atoms with Gasteiger partial charge in [0.2, 0.25) is 0 Å². The number of non-ortho nitro benzene ring substituents is 1. The number of nitrogens with one attached hydrogen (secondary N) is 1. The molecule has 0 saturated carbocycles. The van der Waals surface area contributed by atoms with E-state index in [1.165, 1.54) is 18.2 Å². The van der Waals surface area contributed by atoms with E-state index < -0.39 is 30.0 Å². The maximum absolute atomic E-state index is 12.0. The number of ether oxygens (including phenoxy) is 2. The zero-order valence-corrected chi connectivity index (χ0v) is 18.6. The van der Waals surface area contributed by atoms with E-state index in [1.807, 2.05) is 0 Å². The number of aromatic nitrogens is 1. The van der Waals surface area contributed by atoms with E-state index in [1.54, 1.807) is 19.1 Å². The summed E-state index contributed by atoms with van der Waals surface area (Å²) in [5, 5.41) is 14.2. The van der Waals surface area contributed by atoms with Crippen molar-refractivity contribution in [2.45, 2.75) is 6.92 Å². The summed E-state index contributed by atoms with van der Waals surface area (Å²) < 4.78 is 10.4. The predicted octanol–water partition coefficient (Wildman–Crippen LogP) is 4.97. The molecule has 0 unspecified atom stereocenters. The highest BCUT2D eigenvalue weighted by Gasteiger charge is 2.17. The first kappa shape index (κ1) is 23.5. The minimum absolute atomic E-state index is 0.0331.